The van der Waals surface area contributed by atoms with E-state index in [0.29, 0.717) is 0 Å². The van der Waals surface area contributed by atoms with Crippen LogP contribution in [0.4, 0.5) is 10.3 Å². The number of anilines is 1. The molecule has 7 N–H and O–H groups in total. The van der Waals surface area contributed by atoms with Gasteiger partial charge in [-0.2, -0.15) is 9.29 Å². The third-order valence-electron chi connectivity index (χ3n) is 3.74. The molecule has 21 heteroatoms. The summed E-state index contributed by atoms with van der Waals surface area (Å²) in [5, 5.41) is 10.2. The lowest BCUT2D eigenvalue weighted by Gasteiger charge is -2.16. The molecule has 6 atom stereocenters. The van der Waals surface area contributed by atoms with Crippen LogP contribution in [-0.4, -0.2) is 64.3 Å². The van der Waals surface area contributed by atoms with E-state index in [0.717, 1.165) is 10.9 Å². The van der Waals surface area contributed by atoms with Crippen LogP contribution in [0.5, 0.6) is 0 Å². The smallest absolute Gasteiger partial charge is 0.385 e. The SMILES string of the molecule is Nc1nc2c(ncn2[C@@H]2O[C@H](CO[P+](=S)OP(=O)(O)OP(=O)(O)O)C(F)[C@@H]2O)c(=O)[nH]1. The second-order valence-corrected chi connectivity index (χ2v) is 10.7. The van der Waals surface area contributed by atoms with Gasteiger partial charge in [-0.05, 0) is 4.31 Å². The van der Waals surface area contributed by atoms with E-state index >= 15 is 0 Å². The first-order valence-corrected chi connectivity index (χ1v) is 13.1. The van der Waals surface area contributed by atoms with Gasteiger partial charge in [0.1, 0.15) is 18.8 Å². The summed E-state index contributed by atoms with van der Waals surface area (Å²) in [4.78, 5) is 48.0. The molecular formula is C10H14FN5O11P3S+. The Balaban J connectivity index is 1.68. The van der Waals surface area contributed by atoms with Crippen LogP contribution in [0, 0.1) is 0 Å². The zero-order valence-corrected chi connectivity index (χ0v) is 18.3. The van der Waals surface area contributed by atoms with Crippen molar-refractivity contribution in [2.75, 3.05) is 12.3 Å². The van der Waals surface area contributed by atoms with Gasteiger partial charge in [0, 0.05) is 0 Å². The Hall–Kier alpha value is -1.26. The number of nitrogens with one attached hydrogen (secondary N) is 1. The van der Waals surface area contributed by atoms with E-state index in [4.69, 9.17) is 24.8 Å². The predicted molar refractivity (Wildman–Crippen MR) is 102 cm³/mol. The maximum absolute atomic E-state index is 14.5. The van der Waals surface area contributed by atoms with Gasteiger partial charge >= 0.3 is 22.8 Å². The molecule has 0 aromatic carbocycles. The topological polar surface area (TPSA) is 242 Å². The van der Waals surface area contributed by atoms with E-state index in [9.17, 15) is 28.3 Å². The average molecular weight is 524 g/mol. The number of rotatable bonds is 8. The normalized spacial score (nSPS) is 26.8. The number of aromatic amines is 1. The number of nitrogens with two attached hydrogens (primary N) is 1. The van der Waals surface area contributed by atoms with Crippen molar-refractivity contribution in [3.8, 4) is 0 Å². The maximum Gasteiger partial charge on any atom is 0.532 e. The Morgan fingerprint density at radius 3 is 2.74 bits per heavy atom. The van der Waals surface area contributed by atoms with Crippen LogP contribution in [0.1, 0.15) is 6.23 Å². The van der Waals surface area contributed by atoms with Crippen molar-refractivity contribution in [2.45, 2.75) is 24.6 Å². The zero-order chi connectivity index (χ0) is 23.1. The highest BCUT2D eigenvalue weighted by Gasteiger charge is 2.48. The summed E-state index contributed by atoms with van der Waals surface area (Å²) in [6.07, 6.45) is -5.55. The molecule has 16 nitrogen and oxygen atoms in total. The monoisotopic (exact) mass is 524 g/mol. The quantitative estimate of drug-likeness (QED) is 0.234. The fourth-order valence-corrected chi connectivity index (χ4v) is 6.13. The Labute approximate surface area is 176 Å². The fourth-order valence-electron chi connectivity index (χ4n) is 2.59. The van der Waals surface area contributed by atoms with E-state index in [1.807, 2.05) is 0 Å². The number of fused-ring (bicyclic) bond motifs is 1. The van der Waals surface area contributed by atoms with Gasteiger partial charge < -0.3 is 25.4 Å². The summed E-state index contributed by atoms with van der Waals surface area (Å²) in [6.45, 7) is -0.678. The number of phosphoric acid groups is 2. The number of imidazole rings is 1. The van der Waals surface area contributed by atoms with Crippen LogP contribution < -0.4 is 11.3 Å². The van der Waals surface area contributed by atoms with Gasteiger partial charge in [0.25, 0.3) is 5.56 Å². The molecule has 0 amide bonds. The van der Waals surface area contributed by atoms with E-state index in [1.165, 1.54) is 0 Å². The third kappa shape index (κ3) is 5.76. The number of hydrogen-bond acceptors (Lipinski definition) is 12. The minimum absolute atomic E-state index is 0.0799. The summed E-state index contributed by atoms with van der Waals surface area (Å²) in [6, 6.07) is 0. The van der Waals surface area contributed by atoms with Crippen LogP contribution in [0.2, 0.25) is 0 Å². The van der Waals surface area contributed by atoms with Gasteiger partial charge in [-0.15, -0.1) is 4.52 Å². The lowest BCUT2D eigenvalue weighted by molar-refractivity contribution is -0.0457. The largest absolute Gasteiger partial charge is 0.532 e. The lowest BCUT2D eigenvalue weighted by Crippen LogP contribution is -2.29. The van der Waals surface area contributed by atoms with Crippen molar-refractivity contribution in [1.29, 1.82) is 0 Å². The zero-order valence-electron chi connectivity index (χ0n) is 14.8. The molecule has 3 heterocycles. The Morgan fingerprint density at radius 1 is 1.42 bits per heavy atom. The number of aliphatic hydroxyl groups excluding tert-OH is 1. The Morgan fingerprint density at radius 2 is 2.10 bits per heavy atom. The molecule has 31 heavy (non-hydrogen) atoms. The van der Waals surface area contributed by atoms with Crippen molar-refractivity contribution < 1.29 is 51.2 Å². The van der Waals surface area contributed by atoms with Crippen LogP contribution in [0.25, 0.3) is 11.2 Å². The lowest BCUT2D eigenvalue weighted by atomic mass is 10.1. The molecule has 0 saturated carbocycles. The van der Waals surface area contributed by atoms with E-state index in [-0.39, 0.29) is 17.1 Å². The number of aromatic nitrogens is 4. The molecule has 1 aliphatic rings. The highest BCUT2D eigenvalue weighted by molar-refractivity contribution is 8.02. The molecular weight excluding hydrogens is 510 g/mol. The number of halogens is 1. The molecule has 0 radical (unpaired) electrons. The molecule has 0 aliphatic carbocycles. The van der Waals surface area contributed by atoms with Gasteiger partial charge in [0.15, 0.2) is 23.6 Å². The van der Waals surface area contributed by atoms with Crippen molar-refractivity contribution in [3.05, 3.63) is 16.7 Å². The third-order valence-corrected chi connectivity index (χ3v) is 8.05. The minimum Gasteiger partial charge on any atom is -0.385 e. The summed E-state index contributed by atoms with van der Waals surface area (Å²) < 4.78 is 55.7. The van der Waals surface area contributed by atoms with Crippen molar-refractivity contribution >= 4 is 51.7 Å². The first kappa shape index (κ1) is 24.4. The molecule has 2 aromatic heterocycles. The van der Waals surface area contributed by atoms with Crippen LogP contribution in [0.3, 0.4) is 0 Å². The number of ether oxygens (including phenoxy) is 1. The number of nitrogen functional groups attached to an aromatic ring is 1. The average Bonchev–Trinajstić information content (AvgIpc) is 3.13. The minimum atomic E-state index is -5.36. The number of aliphatic hydroxyl groups is 1. The maximum atomic E-state index is 14.5. The molecule has 3 rings (SSSR count). The first-order chi connectivity index (χ1) is 14.3. The number of H-pyrrole nitrogens is 1. The molecule has 172 valence electrons. The van der Waals surface area contributed by atoms with Crippen LogP contribution in [0.15, 0.2) is 11.1 Å². The number of alkyl halides is 1. The molecule has 1 saturated heterocycles. The number of hydrogen-bond donors (Lipinski definition) is 6. The second kappa shape index (κ2) is 8.94. The second-order valence-electron chi connectivity index (χ2n) is 5.92. The number of nitrogens with zero attached hydrogens (tertiary/aromatic N) is 3. The highest BCUT2D eigenvalue weighted by atomic mass is 32.4. The van der Waals surface area contributed by atoms with Crippen LogP contribution in [-0.2, 0) is 38.8 Å². The Kier molecular flexibility index (Phi) is 7.03. The summed E-state index contributed by atoms with van der Waals surface area (Å²) >= 11 is 4.62. The summed E-state index contributed by atoms with van der Waals surface area (Å²) in [7, 11) is -13.3. The molecule has 3 unspecified atom stereocenters. The molecule has 1 fully saturated rings. The summed E-state index contributed by atoms with van der Waals surface area (Å²) in [5.74, 6) is -0.247. The Bertz CT molecular complexity index is 1150. The van der Waals surface area contributed by atoms with Crippen LogP contribution >= 0.6 is 22.8 Å². The first-order valence-electron chi connectivity index (χ1n) is 7.87. The van der Waals surface area contributed by atoms with Gasteiger partial charge in [0.2, 0.25) is 17.8 Å². The molecule has 0 bridgehead atoms. The van der Waals surface area contributed by atoms with Gasteiger partial charge in [-0.25, -0.2) is 18.5 Å². The van der Waals surface area contributed by atoms with E-state index in [1.54, 1.807) is 0 Å². The standard InChI is InChI=1S/C10H13FN5O11P3S/c11-4-3(1-24-28(31)26-30(22,23)27-29(19,20)21)25-9(6(4)17)16-2-13-5-7(16)14-10(12)15-8(5)18/h2-4,6,9,17H,1H2,(H5-,12,14,15,18,19,20,21,22,23)/p+1/t3-,4?,6+,9-/m1/s1. The molecule has 1 aliphatic heterocycles. The highest BCUT2D eigenvalue weighted by Crippen LogP contribution is 2.62. The van der Waals surface area contributed by atoms with Gasteiger partial charge in [-0.1, -0.05) is 0 Å². The summed E-state index contributed by atoms with van der Waals surface area (Å²) in [5.41, 5.74) is 4.60. The van der Waals surface area contributed by atoms with E-state index in [2.05, 4.69) is 35.4 Å². The van der Waals surface area contributed by atoms with Crippen molar-refractivity contribution in [1.82, 2.24) is 19.5 Å². The van der Waals surface area contributed by atoms with Crippen molar-refractivity contribution in [2.24, 2.45) is 0 Å². The van der Waals surface area contributed by atoms with Crippen molar-refractivity contribution in [3.63, 3.8) is 0 Å². The molecule has 0 spiro atoms. The predicted octanol–water partition coefficient (Wildman–Crippen LogP) is -0.685. The molecule has 2 aromatic rings. The van der Waals surface area contributed by atoms with Gasteiger partial charge in [0.05, 0.1) is 6.33 Å². The van der Waals surface area contributed by atoms with E-state index < -0.39 is 59.6 Å². The fraction of sp³-hybridized carbons (Fsp3) is 0.500. The van der Waals surface area contributed by atoms with Gasteiger partial charge in [-0.3, -0.25) is 19.2 Å².